The zero-order valence-electron chi connectivity index (χ0n) is 9.12. The number of hydrogen-bond acceptors (Lipinski definition) is 3. The van der Waals surface area contributed by atoms with Crippen LogP contribution >= 0.6 is 15.9 Å². The highest BCUT2D eigenvalue weighted by molar-refractivity contribution is 9.10. The normalized spacial score (nSPS) is 20.2. The number of ether oxygens (including phenoxy) is 2. The fraction of sp³-hybridized carbons (Fsp3) is 0.417. The molecule has 0 N–H and O–H groups in total. The lowest BCUT2D eigenvalue weighted by Gasteiger charge is -2.21. The minimum atomic E-state index is -0.522. The van der Waals surface area contributed by atoms with Crippen LogP contribution in [0.2, 0.25) is 0 Å². The van der Waals surface area contributed by atoms with Gasteiger partial charge in [0.15, 0.2) is 5.78 Å². The second-order valence-electron chi connectivity index (χ2n) is 3.86. The van der Waals surface area contributed by atoms with E-state index in [9.17, 15) is 9.18 Å². The van der Waals surface area contributed by atoms with Crippen molar-refractivity contribution >= 4 is 21.7 Å². The number of rotatable bonds is 3. The van der Waals surface area contributed by atoms with E-state index in [1.807, 2.05) is 0 Å². The van der Waals surface area contributed by atoms with E-state index in [2.05, 4.69) is 15.9 Å². The molecule has 0 aliphatic carbocycles. The van der Waals surface area contributed by atoms with Crippen LogP contribution in [0.15, 0.2) is 22.7 Å². The number of hydrogen-bond donors (Lipinski definition) is 0. The van der Waals surface area contributed by atoms with Crippen LogP contribution in [0.1, 0.15) is 5.56 Å². The van der Waals surface area contributed by atoms with Crippen molar-refractivity contribution in [1.29, 1.82) is 0 Å². The lowest BCUT2D eigenvalue weighted by molar-refractivity contribution is -0.144. The van der Waals surface area contributed by atoms with Crippen molar-refractivity contribution in [2.24, 2.45) is 0 Å². The molecule has 92 valence electrons. The van der Waals surface area contributed by atoms with Crippen LogP contribution in [-0.4, -0.2) is 31.7 Å². The zero-order chi connectivity index (χ0) is 12.3. The van der Waals surface area contributed by atoms with Crippen molar-refractivity contribution in [3.8, 4) is 0 Å². The molecule has 0 radical (unpaired) electrons. The van der Waals surface area contributed by atoms with Crippen molar-refractivity contribution in [3.63, 3.8) is 0 Å². The van der Waals surface area contributed by atoms with Crippen LogP contribution in [0.3, 0.4) is 0 Å². The van der Waals surface area contributed by atoms with Gasteiger partial charge in [0.25, 0.3) is 0 Å². The molecule has 2 rings (SSSR count). The van der Waals surface area contributed by atoms with Crippen molar-refractivity contribution in [2.75, 3.05) is 19.8 Å². The minimum absolute atomic E-state index is 0.0813. The third-order valence-corrected chi connectivity index (χ3v) is 2.93. The summed E-state index contributed by atoms with van der Waals surface area (Å²) >= 11 is 3.19. The van der Waals surface area contributed by atoms with Gasteiger partial charge in [-0.25, -0.2) is 4.39 Å². The minimum Gasteiger partial charge on any atom is -0.376 e. The average molecular weight is 303 g/mol. The third-order valence-electron chi connectivity index (χ3n) is 2.48. The van der Waals surface area contributed by atoms with Gasteiger partial charge in [-0.2, -0.15) is 0 Å². The molecule has 0 aromatic heterocycles. The van der Waals surface area contributed by atoms with Gasteiger partial charge in [-0.05, 0) is 23.8 Å². The Hall–Kier alpha value is -0.780. The molecule has 0 amide bonds. The maximum atomic E-state index is 13.1. The van der Waals surface area contributed by atoms with Crippen molar-refractivity contribution in [1.82, 2.24) is 0 Å². The molecular weight excluding hydrogens is 291 g/mol. The van der Waals surface area contributed by atoms with E-state index < -0.39 is 6.10 Å². The summed E-state index contributed by atoms with van der Waals surface area (Å²) in [5, 5.41) is 0. The van der Waals surface area contributed by atoms with Crippen LogP contribution in [0.25, 0.3) is 0 Å². The highest BCUT2D eigenvalue weighted by Gasteiger charge is 2.22. The summed E-state index contributed by atoms with van der Waals surface area (Å²) in [6, 6.07) is 4.44. The Kier molecular flexibility index (Phi) is 4.25. The molecule has 1 aromatic rings. The predicted molar refractivity (Wildman–Crippen MR) is 63.4 cm³/mol. The molecule has 17 heavy (non-hydrogen) atoms. The largest absolute Gasteiger partial charge is 0.376 e. The van der Waals surface area contributed by atoms with Gasteiger partial charge in [0.1, 0.15) is 11.9 Å². The van der Waals surface area contributed by atoms with Crippen LogP contribution in [0, 0.1) is 5.82 Å². The summed E-state index contributed by atoms with van der Waals surface area (Å²) in [6.07, 6.45) is -0.365. The van der Waals surface area contributed by atoms with Crippen LogP contribution in [-0.2, 0) is 20.7 Å². The molecule has 1 fully saturated rings. The monoisotopic (exact) mass is 302 g/mol. The fourth-order valence-corrected chi connectivity index (χ4v) is 2.21. The summed E-state index contributed by atoms with van der Waals surface area (Å²) in [6.45, 7) is 1.24. The highest BCUT2D eigenvalue weighted by atomic mass is 79.9. The second-order valence-corrected chi connectivity index (χ2v) is 4.77. The summed E-state index contributed by atoms with van der Waals surface area (Å²) in [4.78, 5) is 11.8. The summed E-state index contributed by atoms with van der Waals surface area (Å²) in [5.74, 6) is -0.440. The molecule has 0 saturated carbocycles. The Balaban J connectivity index is 2.01. The maximum Gasteiger partial charge on any atom is 0.168 e. The molecule has 1 unspecified atom stereocenters. The van der Waals surface area contributed by atoms with E-state index in [1.165, 1.54) is 12.1 Å². The lowest BCUT2D eigenvalue weighted by atomic mass is 10.1. The van der Waals surface area contributed by atoms with Gasteiger partial charge < -0.3 is 9.47 Å². The molecule has 3 nitrogen and oxygen atoms in total. The lowest BCUT2D eigenvalue weighted by Crippen LogP contribution is -2.36. The summed E-state index contributed by atoms with van der Waals surface area (Å²) in [5.41, 5.74) is 0.635. The molecule has 1 aliphatic heterocycles. The first-order chi connectivity index (χ1) is 8.15. The molecular formula is C12H12BrFO3. The van der Waals surface area contributed by atoms with E-state index in [4.69, 9.17) is 9.47 Å². The second kappa shape index (κ2) is 5.71. The van der Waals surface area contributed by atoms with Crippen LogP contribution < -0.4 is 0 Å². The van der Waals surface area contributed by atoms with Crippen LogP contribution in [0.5, 0.6) is 0 Å². The number of Topliss-reactive ketones (excluding diaryl/α,β-unsaturated/α-hetero) is 1. The fourth-order valence-electron chi connectivity index (χ4n) is 1.70. The van der Waals surface area contributed by atoms with E-state index in [0.29, 0.717) is 23.2 Å². The summed E-state index contributed by atoms with van der Waals surface area (Å²) < 4.78 is 24.2. The number of benzene rings is 1. The van der Waals surface area contributed by atoms with Crippen LogP contribution in [0.4, 0.5) is 4.39 Å². The average Bonchev–Trinajstić information content (AvgIpc) is 2.28. The Bertz CT molecular complexity index is 396. The Morgan fingerprint density at radius 2 is 2.24 bits per heavy atom. The highest BCUT2D eigenvalue weighted by Crippen LogP contribution is 2.16. The van der Waals surface area contributed by atoms with E-state index >= 15 is 0 Å². The Morgan fingerprint density at radius 3 is 2.88 bits per heavy atom. The third kappa shape index (κ3) is 3.59. The smallest absolute Gasteiger partial charge is 0.168 e. The maximum absolute atomic E-state index is 13.1. The summed E-state index contributed by atoms with van der Waals surface area (Å²) in [7, 11) is 0. The quantitative estimate of drug-likeness (QED) is 0.858. The van der Waals surface area contributed by atoms with Gasteiger partial charge >= 0.3 is 0 Å². The van der Waals surface area contributed by atoms with Gasteiger partial charge in [-0.3, -0.25) is 4.79 Å². The number of carbonyl (C=O) groups is 1. The molecule has 0 bridgehead atoms. The first-order valence-corrected chi connectivity index (χ1v) is 6.11. The molecule has 5 heteroatoms. The zero-order valence-corrected chi connectivity index (χ0v) is 10.7. The van der Waals surface area contributed by atoms with E-state index in [-0.39, 0.29) is 24.6 Å². The first-order valence-electron chi connectivity index (χ1n) is 5.32. The molecule has 1 aliphatic rings. The number of halogens is 2. The van der Waals surface area contributed by atoms with Crippen molar-refractivity contribution in [2.45, 2.75) is 12.5 Å². The molecule has 1 atom stereocenters. The standard InChI is InChI=1S/C12H12BrFO3/c13-9-3-8(4-10(14)6-9)5-11(15)12-7-16-1-2-17-12/h3-4,6,12H,1-2,5,7H2. The molecule has 1 saturated heterocycles. The molecule has 1 heterocycles. The Morgan fingerprint density at radius 1 is 1.41 bits per heavy atom. The predicted octanol–water partition coefficient (Wildman–Crippen LogP) is 2.12. The molecule has 1 aromatic carbocycles. The molecule has 0 spiro atoms. The van der Waals surface area contributed by atoms with E-state index in [0.717, 1.165) is 0 Å². The number of ketones is 1. The topological polar surface area (TPSA) is 35.5 Å². The van der Waals surface area contributed by atoms with Gasteiger partial charge in [-0.1, -0.05) is 15.9 Å². The van der Waals surface area contributed by atoms with Crippen molar-refractivity contribution < 1.29 is 18.7 Å². The van der Waals surface area contributed by atoms with Gasteiger partial charge in [0, 0.05) is 10.9 Å². The first kappa shape index (κ1) is 12.7. The SMILES string of the molecule is O=C(Cc1cc(F)cc(Br)c1)C1COCCO1. The Labute approximate surface area is 107 Å². The van der Waals surface area contributed by atoms with E-state index in [1.54, 1.807) is 6.07 Å². The van der Waals surface area contributed by atoms with Gasteiger partial charge in [0.2, 0.25) is 0 Å². The van der Waals surface area contributed by atoms with Gasteiger partial charge in [0.05, 0.1) is 19.8 Å². The number of carbonyl (C=O) groups excluding carboxylic acids is 1. The van der Waals surface area contributed by atoms with Gasteiger partial charge in [-0.15, -0.1) is 0 Å². The van der Waals surface area contributed by atoms with Crippen molar-refractivity contribution in [3.05, 3.63) is 34.1 Å².